The van der Waals surface area contributed by atoms with Gasteiger partial charge in [0, 0.05) is 21.6 Å². The van der Waals surface area contributed by atoms with E-state index in [1.54, 1.807) is 12.3 Å². The first kappa shape index (κ1) is 13.3. The minimum atomic E-state index is -0.444. The van der Waals surface area contributed by atoms with Crippen molar-refractivity contribution in [2.24, 2.45) is 0 Å². The van der Waals surface area contributed by atoms with E-state index >= 15 is 0 Å². The molecule has 0 fully saturated rings. The van der Waals surface area contributed by atoms with Crippen LogP contribution in [0.4, 0.5) is 4.79 Å². The summed E-state index contributed by atoms with van der Waals surface area (Å²) in [6.45, 7) is 0. The van der Waals surface area contributed by atoms with Crippen molar-refractivity contribution in [3.05, 3.63) is 70.3 Å². The van der Waals surface area contributed by atoms with E-state index in [1.165, 1.54) is 0 Å². The van der Waals surface area contributed by atoms with Crippen molar-refractivity contribution in [1.82, 2.24) is 10.3 Å². The molecule has 1 unspecified atom stereocenters. The molecule has 22 heavy (non-hydrogen) atoms. The number of nitrogens with one attached hydrogen (secondary N) is 1. The molecule has 2 heterocycles. The molecule has 0 spiro atoms. The van der Waals surface area contributed by atoms with Gasteiger partial charge in [-0.3, -0.25) is 4.98 Å². The van der Waals surface area contributed by atoms with Crippen LogP contribution in [-0.4, -0.2) is 11.1 Å². The summed E-state index contributed by atoms with van der Waals surface area (Å²) < 4.78 is 6.30. The Bertz CT molecular complexity index is 895. The van der Waals surface area contributed by atoms with Gasteiger partial charge in [-0.1, -0.05) is 34.1 Å². The van der Waals surface area contributed by atoms with E-state index < -0.39 is 6.09 Å². The molecule has 1 atom stereocenters. The van der Waals surface area contributed by atoms with Crippen LogP contribution in [0, 0.1) is 0 Å². The Balaban J connectivity index is 1.99. The highest BCUT2D eigenvalue weighted by atomic mass is 79.9. The van der Waals surface area contributed by atoms with Gasteiger partial charge in [-0.2, -0.15) is 0 Å². The highest BCUT2D eigenvalue weighted by Crippen LogP contribution is 2.38. The van der Waals surface area contributed by atoms with Crippen molar-refractivity contribution in [3.63, 3.8) is 0 Å². The Kier molecular flexibility index (Phi) is 3.08. The Morgan fingerprint density at radius 1 is 1.14 bits per heavy atom. The molecular formula is C17H11BrN2O2. The quantitative estimate of drug-likeness (QED) is 0.712. The molecule has 0 radical (unpaired) electrons. The molecule has 3 aromatic rings. The van der Waals surface area contributed by atoms with E-state index in [0.29, 0.717) is 5.75 Å². The summed E-state index contributed by atoms with van der Waals surface area (Å²) in [6.07, 6.45) is 1.31. The number of rotatable bonds is 1. The fraction of sp³-hybridized carbons (Fsp3) is 0.0588. The van der Waals surface area contributed by atoms with E-state index in [1.807, 2.05) is 42.5 Å². The molecule has 0 aliphatic carbocycles. The maximum Gasteiger partial charge on any atom is 0.413 e. The van der Waals surface area contributed by atoms with Crippen LogP contribution in [-0.2, 0) is 0 Å². The minimum Gasteiger partial charge on any atom is -0.410 e. The molecule has 0 bridgehead atoms. The summed E-state index contributed by atoms with van der Waals surface area (Å²) in [5.74, 6) is 0.578. The van der Waals surface area contributed by atoms with Crippen LogP contribution in [0.15, 0.2) is 59.2 Å². The largest absolute Gasteiger partial charge is 0.413 e. The second kappa shape index (κ2) is 5.10. The summed E-state index contributed by atoms with van der Waals surface area (Å²) in [6, 6.07) is 15.2. The first-order valence-corrected chi connectivity index (χ1v) is 7.63. The number of halogens is 1. The molecule has 0 saturated heterocycles. The minimum absolute atomic E-state index is 0.262. The maximum atomic E-state index is 11.9. The van der Waals surface area contributed by atoms with Gasteiger partial charge in [0.2, 0.25) is 0 Å². The Labute approximate surface area is 135 Å². The highest BCUT2D eigenvalue weighted by Gasteiger charge is 2.29. The number of benzene rings is 2. The Morgan fingerprint density at radius 3 is 2.91 bits per heavy atom. The molecule has 1 N–H and O–H groups in total. The number of carbonyl (C=O) groups excluding carboxylic acids is 1. The molecule has 4 rings (SSSR count). The van der Waals surface area contributed by atoms with Crippen LogP contribution in [0.5, 0.6) is 5.75 Å². The average molecular weight is 355 g/mol. The van der Waals surface area contributed by atoms with Gasteiger partial charge in [-0.15, -0.1) is 0 Å². The number of nitrogens with zero attached hydrogens (tertiary/aromatic N) is 1. The maximum absolute atomic E-state index is 11.9. The summed E-state index contributed by atoms with van der Waals surface area (Å²) >= 11 is 3.48. The second-order valence-corrected chi connectivity index (χ2v) is 5.99. The zero-order chi connectivity index (χ0) is 15.1. The molecule has 5 heteroatoms. The van der Waals surface area contributed by atoms with Gasteiger partial charge >= 0.3 is 6.09 Å². The Hall–Kier alpha value is -2.40. The number of amides is 1. The van der Waals surface area contributed by atoms with Gasteiger partial charge in [0.05, 0.1) is 11.6 Å². The van der Waals surface area contributed by atoms with Gasteiger partial charge in [0.15, 0.2) is 0 Å². The number of carbonyl (C=O) groups is 1. The van der Waals surface area contributed by atoms with Crippen LogP contribution < -0.4 is 10.1 Å². The number of ether oxygens (including phenoxy) is 1. The third kappa shape index (κ3) is 2.14. The van der Waals surface area contributed by atoms with Crippen LogP contribution in [0.1, 0.15) is 17.2 Å². The summed E-state index contributed by atoms with van der Waals surface area (Å²) in [4.78, 5) is 16.2. The molecule has 1 aliphatic rings. The van der Waals surface area contributed by atoms with Gasteiger partial charge in [0.25, 0.3) is 0 Å². The fourth-order valence-corrected chi connectivity index (χ4v) is 3.21. The lowest BCUT2D eigenvalue weighted by molar-refractivity contribution is 0.191. The van der Waals surface area contributed by atoms with Crippen LogP contribution in [0.25, 0.3) is 10.9 Å². The predicted molar refractivity (Wildman–Crippen MR) is 86.9 cm³/mol. The number of hydrogen-bond donors (Lipinski definition) is 1. The van der Waals surface area contributed by atoms with E-state index in [4.69, 9.17) is 4.74 Å². The topological polar surface area (TPSA) is 51.2 Å². The van der Waals surface area contributed by atoms with Gasteiger partial charge < -0.3 is 10.1 Å². The lowest BCUT2D eigenvalue weighted by atomic mass is 9.93. The summed E-state index contributed by atoms with van der Waals surface area (Å²) in [7, 11) is 0. The number of pyridine rings is 1. The lowest BCUT2D eigenvalue weighted by Gasteiger charge is -2.27. The Morgan fingerprint density at radius 2 is 2.05 bits per heavy atom. The smallest absolute Gasteiger partial charge is 0.410 e. The standard InChI is InChI=1S/C17H11BrN2O2/c18-11-4-1-3-10(9-11)16-15-12-5-2-8-19-13(12)6-7-14(15)22-17(21)20-16/h1-9,16H,(H,20,21). The number of hydrogen-bond acceptors (Lipinski definition) is 3. The monoisotopic (exact) mass is 354 g/mol. The van der Waals surface area contributed by atoms with Crippen molar-refractivity contribution in [1.29, 1.82) is 0 Å². The summed E-state index contributed by atoms with van der Waals surface area (Å²) in [5.41, 5.74) is 2.80. The zero-order valence-corrected chi connectivity index (χ0v) is 13.0. The lowest BCUT2D eigenvalue weighted by Crippen LogP contribution is -2.36. The highest BCUT2D eigenvalue weighted by molar-refractivity contribution is 9.10. The van der Waals surface area contributed by atoms with E-state index in [2.05, 4.69) is 26.2 Å². The van der Waals surface area contributed by atoms with Gasteiger partial charge in [-0.05, 0) is 35.9 Å². The molecule has 1 aliphatic heterocycles. The van der Waals surface area contributed by atoms with E-state index in [0.717, 1.165) is 26.5 Å². The SMILES string of the molecule is O=C1NC(c2cccc(Br)c2)c2c(ccc3ncccc23)O1. The van der Waals surface area contributed by atoms with Gasteiger partial charge in [-0.25, -0.2) is 4.79 Å². The van der Waals surface area contributed by atoms with Crippen molar-refractivity contribution in [2.45, 2.75) is 6.04 Å². The molecule has 108 valence electrons. The number of aromatic nitrogens is 1. The average Bonchev–Trinajstić information content (AvgIpc) is 2.53. The fourth-order valence-electron chi connectivity index (χ4n) is 2.80. The normalized spacial score (nSPS) is 16.8. The van der Waals surface area contributed by atoms with E-state index in [-0.39, 0.29) is 6.04 Å². The third-order valence-corrected chi connectivity index (χ3v) is 4.22. The first-order valence-electron chi connectivity index (χ1n) is 6.84. The van der Waals surface area contributed by atoms with Gasteiger partial charge in [0.1, 0.15) is 5.75 Å². The van der Waals surface area contributed by atoms with Crippen molar-refractivity contribution in [3.8, 4) is 5.75 Å². The van der Waals surface area contributed by atoms with Crippen molar-refractivity contribution in [2.75, 3.05) is 0 Å². The molecule has 0 saturated carbocycles. The molecule has 1 amide bonds. The summed E-state index contributed by atoms with van der Waals surface area (Å²) in [5, 5.41) is 3.88. The molecular weight excluding hydrogens is 344 g/mol. The van der Waals surface area contributed by atoms with Crippen molar-refractivity contribution < 1.29 is 9.53 Å². The van der Waals surface area contributed by atoms with Crippen molar-refractivity contribution >= 4 is 32.9 Å². The first-order chi connectivity index (χ1) is 10.7. The number of fused-ring (bicyclic) bond motifs is 3. The van der Waals surface area contributed by atoms with Crippen LogP contribution in [0.3, 0.4) is 0 Å². The third-order valence-electron chi connectivity index (χ3n) is 3.72. The molecule has 2 aromatic carbocycles. The van der Waals surface area contributed by atoms with E-state index in [9.17, 15) is 4.79 Å². The van der Waals surface area contributed by atoms with Crippen LogP contribution in [0.2, 0.25) is 0 Å². The van der Waals surface area contributed by atoms with Crippen LogP contribution >= 0.6 is 15.9 Å². The molecule has 1 aromatic heterocycles. The predicted octanol–water partition coefficient (Wildman–Crippen LogP) is 4.19. The second-order valence-electron chi connectivity index (χ2n) is 5.07. The molecule has 4 nitrogen and oxygen atoms in total. The zero-order valence-electron chi connectivity index (χ0n) is 11.4.